The first-order valence-electron chi connectivity index (χ1n) is 9.04. The molecule has 0 bridgehead atoms. The van der Waals surface area contributed by atoms with Gasteiger partial charge in [-0.1, -0.05) is 53.7 Å². The molecule has 0 N–H and O–H groups in total. The lowest BCUT2D eigenvalue weighted by atomic mass is 9.86. The van der Waals surface area contributed by atoms with Gasteiger partial charge in [-0.25, -0.2) is 0 Å². The lowest BCUT2D eigenvalue weighted by Gasteiger charge is -2.20. The summed E-state index contributed by atoms with van der Waals surface area (Å²) >= 11 is 0. The molecule has 0 aliphatic rings. The highest BCUT2D eigenvalue weighted by Gasteiger charge is 2.17. The molecule has 2 heterocycles. The Hall–Kier alpha value is -1.70. The minimum Gasteiger partial charge on any atom is -0.254 e. The molecular formula is C22H32N2. The van der Waals surface area contributed by atoms with E-state index in [2.05, 4.69) is 53.7 Å². The highest BCUT2D eigenvalue weighted by molar-refractivity contribution is 5.62. The first-order chi connectivity index (χ1) is 11.2. The predicted molar refractivity (Wildman–Crippen MR) is 103 cm³/mol. The van der Waals surface area contributed by atoms with E-state index in [1.165, 1.54) is 11.1 Å². The van der Waals surface area contributed by atoms with Crippen LogP contribution in [0.25, 0.3) is 11.4 Å². The second-order valence-electron chi connectivity index (χ2n) is 9.14. The standard InChI is InChI=1S/C22H32N2/c1-21(2,3)13-11-17-9-7-15-23-19(17)20-18(10-8-16-24-20)12-14-22(4,5)6/h7-10,15-16H,11-14H2,1-6H3. The highest BCUT2D eigenvalue weighted by Crippen LogP contribution is 2.29. The monoisotopic (exact) mass is 324 g/mol. The van der Waals surface area contributed by atoms with Crippen molar-refractivity contribution in [3.8, 4) is 11.4 Å². The lowest BCUT2D eigenvalue weighted by molar-refractivity contribution is 0.377. The number of rotatable bonds is 5. The topological polar surface area (TPSA) is 25.8 Å². The maximum Gasteiger partial charge on any atom is 0.0920 e. The predicted octanol–water partition coefficient (Wildman–Crippen LogP) is 6.10. The Kier molecular flexibility index (Phi) is 5.79. The van der Waals surface area contributed by atoms with Gasteiger partial charge in [-0.15, -0.1) is 0 Å². The van der Waals surface area contributed by atoms with E-state index in [1.807, 2.05) is 24.5 Å². The SMILES string of the molecule is CC(C)(C)CCc1cccnc1-c1ncccc1CCC(C)(C)C. The highest BCUT2D eigenvalue weighted by atomic mass is 14.8. The van der Waals surface area contributed by atoms with Crippen molar-refractivity contribution in [3.05, 3.63) is 47.8 Å². The van der Waals surface area contributed by atoms with Crippen LogP contribution in [0.3, 0.4) is 0 Å². The Morgan fingerprint density at radius 2 is 1.04 bits per heavy atom. The van der Waals surface area contributed by atoms with Gasteiger partial charge in [0.1, 0.15) is 0 Å². The molecule has 2 heteroatoms. The van der Waals surface area contributed by atoms with Crippen molar-refractivity contribution in [1.29, 1.82) is 0 Å². The maximum atomic E-state index is 4.69. The molecule has 0 saturated heterocycles. The third kappa shape index (κ3) is 5.74. The number of aryl methyl sites for hydroxylation is 2. The molecule has 2 nitrogen and oxygen atoms in total. The van der Waals surface area contributed by atoms with Gasteiger partial charge in [0.25, 0.3) is 0 Å². The van der Waals surface area contributed by atoms with E-state index in [4.69, 9.17) is 9.97 Å². The summed E-state index contributed by atoms with van der Waals surface area (Å²) in [5.41, 5.74) is 5.39. The summed E-state index contributed by atoms with van der Waals surface area (Å²) < 4.78 is 0. The van der Waals surface area contributed by atoms with Gasteiger partial charge in [0.2, 0.25) is 0 Å². The van der Waals surface area contributed by atoms with E-state index >= 15 is 0 Å². The molecule has 0 aromatic carbocycles. The first kappa shape index (κ1) is 18.6. The molecule has 130 valence electrons. The molecule has 0 unspecified atom stereocenters. The summed E-state index contributed by atoms with van der Waals surface area (Å²) in [6.45, 7) is 13.7. The average Bonchev–Trinajstić information content (AvgIpc) is 2.50. The van der Waals surface area contributed by atoms with Crippen LogP contribution >= 0.6 is 0 Å². The van der Waals surface area contributed by atoms with Gasteiger partial charge in [-0.05, 0) is 59.8 Å². The average molecular weight is 325 g/mol. The fourth-order valence-corrected chi connectivity index (χ4v) is 2.73. The molecule has 0 aliphatic heterocycles. The number of pyridine rings is 2. The third-order valence-electron chi connectivity index (χ3n) is 4.30. The second-order valence-corrected chi connectivity index (χ2v) is 9.14. The van der Waals surface area contributed by atoms with Crippen molar-refractivity contribution < 1.29 is 0 Å². The normalized spacial score (nSPS) is 12.4. The fraction of sp³-hybridized carbons (Fsp3) is 0.545. The Bertz CT molecular complexity index is 601. The molecule has 2 rings (SSSR count). The van der Waals surface area contributed by atoms with Crippen LogP contribution in [0.5, 0.6) is 0 Å². The Morgan fingerprint density at radius 3 is 1.38 bits per heavy atom. The molecule has 0 saturated carbocycles. The summed E-state index contributed by atoms with van der Waals surface area (Å²) in [4.78, 5) is 9.38. The second kappa shape index (κ2) is 7.46. The van der Waals surface area contributed by atoms with Crippen LogP contribution in [-0.2, 0) is 12.8 Å². The Labute approximate surface area is 147 Å². The summed E-state index contributed by atoms with van der Waals surface area (Å²) in [5, 5.41) is 0. The van der Waals surface area contributed by atoms with Crippen LogP contribution in [0.4, 0.5) is 0 Å². The van der Waals surface area contributed by atoms with Crippen molar-refractivity contribution in [2.24, 2.45) is 10.8 Å². The number of hydrogen-bond acceptors (Lipinski definition) is 2. The van der Waals surface area contributed by atoms with Gasteiger partial charge in [0.15, 0.2) is 0 Å². The van der Waals surface area contributed by atoms with Gasteiger partial charge in [-0.2, -0.15) is 0 Å². The van der Waals surface area contributed by atoms with Gasteiger partial charge >= 0.3 is 0 Å². The summed E-state index contributed by atoms with van der Waals surface area (Å²) in [6, 6.07) is 8.49. The first-order valence-corrected chi connectivity index (χ1v) is 9.04. The molecule has 0 amide bonds. The van der Waals surface area contributed by atoms with Gasteiger partial charge < -0.3 is 0 Å². The van der Waals surface area contributed by atoms with Gasteiger partial charge in [0.05, 0.1) is 11.4 Å². The molecule has 0 fully saturated rings. The number of hydrogen-bond donors (Lipinski definition) is 0. The van der Waals surface area contributed by atoms with E-state index < -0.39 is 0 Å². The maximum absolute atomic E-state index is 4.69. The minimum absolute atomic E-state index is 0.326. The molecule has 24 heavy (non-hydrogen) atoms. The van der Waals surface area contributed by atoms with E-state index in [1.54, 1.807) is 0 Å². The van der Waals surface area contributed by atoms with Crippen LogP contribution in [0.2, 0.25) is 0 Å². The van der Waals surface area contributed by atoms with Crippen LogP contribution < -0.4 is 0 Å². The fourth-order valence-electron chi connectivity index (χ4n) is 2.73. The van der Waals surface area contributed by atoms with E-state index in [-0.39, 0.29) is 0 Å². The molecule has 0 spiro atoms. The van der Waals surface area contributed by atoms with Crippen LogP contribution in [-0.4, -0.2) is 9.97 Å². The summed E-state index contributed by atoms with van der Waals surface area (Å²) in [5.74, 6) is 0. The van der Waals surface area contributed by atoms with Crippen molar-refractivity contribution >= 4 is 0 Å². The molecule has 0 radical (unpaired) electrons. The zero-order valence-corrected chi connectivity index (χ0v) is 16.2. The molecule has 2 aromatic heterocycles. The largest absolute Gasteiger partial charge is 0.254 e. The Morgan fingerprint density at radius 1 is 0.667 bits per heavy atom. The van der Waals surface area contributed by atoms with Gasteiger partial charge in [-0.3, -0.25) is 9.97 Å². The van der Waals surface area contributed by atoms with Crippen molar-refractivity contribution in [3.63, 3.8) is 0 Å². The quantitative estimate of drug-likeness (QED) is 0.664. The zero-order chi connectivity index (χ0) is 17.8. The number of nitrogens with zero attached hydrogens (tertiary/aromatic N) is 2. The van der Waals surface area contributed by atoms with E-state index in [9.17, 15) is 0 Å². The molecule has 0 atom stereocenters. The minimum atomic E-state index is 0.326. The number of aromatic nitrogens is 2. The van der Waals surface area contributed by atoms with Crippen LogP contribution in [0.15, 0.2) is 36.7 Å². The third-order valence-corrected chi connectivity index (χ3v) is 4.30. The molecule has 0 aliphatic carbocycles. The summed E-state index contributed by atoms with van der Waals surface area (Å²) in [7, 11) is 0. The van der Waals surface area contributed by atoms with Crippen LogP contribution in [0.1, 0.15) is 65.5 Å². The summed E-state index contributed by atoms with van der Waals surface area (Å²) in [6.07, 6.45) is 8.16. The lowest BCUT2D eigenvalue weighted by Crippen LogP contribution is -2.09. The van der Waals surface area contributed by atoms with E-state index in [0.717, 1.165) is 37.1 Å². The van der Waals surface area contributed by atoms with Crippen molar-refractivity contribution in [2.75, 3.05) is 0 Å². The molecular weight excluding hydrogens is 292 g/mol. The van der Waals surface area contributed by atoms with E-state index in [0.29, 0.717) is 10.8 Å². The smallest absolute Gasteiger partial charge is 0.0920 e. The molecule has 2 aromatic rings. The van der Waals surface area contributed by atoms with Crippen LogP contribution in [0, 0.1) is 10.8 Å². The van der Waals surface area contributed by atoms with Crippen molar-refractivity contribution in [2.45, 2.75) is 67.2 Å². The Balaban J connectivity index is 2.32. The van der Waals surface area contributed by atoms with Gasteiger partial charge in [0, 0.05) is 12.4 Å². The zero-order valence-electron chi connectivity index (χ0n) is 16.2. The van der Waals surface area contributed by atoms with Crippen molar-refractivity contribution in [1.82, 2.24) is 9.97 Å².